The van der Waals surface area contributed by atoms with E-state index in [1.165, 1.54) is 38.5 Å². The molecule has 0 aromatic heterocycles. The molecule has 0 N–H and O–H groups in total. The van der Waals surface area contributed by atoms with Crippen LogP contribution < -0.4 is 0 Å². The second-order valence-electron chi connectivity index (χ2n) is 9.91. The first kappa shape index (κ1) is 20.1. The highest BCUT2D eigenvalue weighted by Crippen LogP contribution is 2.48. The normalized spacial score (nSPS) is 32.9. The molecule has 0 radical (unpaired) electrons. The number of hydrogen-bond donors (Lipinski definition) is 0. The summed E-state index contributed by atoms with van der Waals surface area (Å²) in [7, 11) is 0. The first-order chi connectivity index (χ1) is 13.6. The highest BCUT2D eigenvalue weighted by molar-refractivity contribution is 5.37. The van der Waals surface area contributed by atoms with Crippen molar-refractivity contribution in [2.45, 2.75) is 84.5 Å². The Hall–Kier alpha value is -1.18. The van der Waals surface area contributed by atoms with Gasteiger partial charge in [0.2, 0.25) is 0 Å². The van der Waals surface area contributed by atoms with E-state index in [0.29, 0.717) is 24.3 Å². The van der Waals surface area contributed by atoms with Crippen LogP contribution in [0.2, 0.25) is 0 Å². The van der Waals surface area contributed by atoms with Gasteiger partial charge in [-0.15, -0.1) is 0 Å². The molecular formula is C26H36F2. The molecule has 0 saturated heterocycles. The van der Waals surface area contributed by atoms with Gasteiger partial charge in [0.25, 0.3) is 0 Å². The Balaban J connectivity index is 1.45. The predicted molar refractivity (Wildman–Crippen MR) is 112 cm³/mol. The molecule has 0 heterocycles. The molecule has 5 atom stereocenters. The Kier molecular flexibility index (Phi) is 6.23. The highest BCUT2D eigenvalue weighted by Gasteiger charge is 2.38. The molecule has 2 saturated carbocycles. The summed E-state index contributed by atoms with van der Waals surface area (Å²) in [5, 5.41) is 0. The number of allylic oxidation sites excluding steroid dienone is 2. The van der Waals surface area contributed by atoms with E-state index in [1.54, 1.807) is 6.07 Å². The van der Waals surface area contributed by atoms with Gasteiger partial charge in [0.05, 0.1) is 0 Å². The number of halogens is 2. The summed E-state index contributed by atoms with van der Waals surface area (Å²) in [6, 6.07) is 1.67. The SMILES string of the molecule is C/C=C/CCc1c(F)cc2c(c1F)CCC(C1CCC3CC(C)CCC3C1)C2. The van der Waals surface area contributed by atoms with Crippen LogP contribution in [-0.2, 0) is 19.3 Å². The number of fused-ring (bicyclic) bond motifs is 2. The zero-order valence-corrected chi connectivity index (χ0v) is 17.7. The lowest BCUT2D eigenvalue weighted by molar-refractivity contribution is 0.0755. The Morgan fingerprint density at radius 1 is 0.964 bits per heavy atom. The lowest BCUT2D eigenvalue weighted by Crippen LogP contribution is -2.34. The molecule has 28 heavy (non-hydrogen) atoms. The molecule has 154 valence electrons. The van der Waals surface area contributed by atoms with Crippen LogP contribution in [0.3, 0.4) is 0 Å². The second kappa shape index (κ2) is 8.67. The summed E-state index contributed by atoms with van der Waals surface area (Å²) in [5.74, 6) is 3.59. The van der Waals surface area contributed by atoms with Gasteiger partial charge >= 0.3 is 0 Å². The van der Waals surface area contributed by atoms with Crippen molar-refractivity contribution < 1.29 is 8.78 Å². The highest BCUT2D eigenvalue weighted by atomic mass is 19.1. The average Bonchev–Trinajstić information content (AvgIpc) is 2.69. The van der Waals surface area contributed by atoms with Crippen molar-refractivity contribution in [3.8, 4) is 0 Å². The van der Waals surface area contributed by atoms with Gasteiger partial charge in [-0.3, -0.25) is 0 Å². The van der Waals surface area contributed by atoms with Gasteiger partial charge in [-0.25, -0.2) is 8.78 Å². The third kappa shape index (κ3) is 4.07. The Labute approximate surface area is 169 Å². The van der Waals surface area contributed by atoms with Crippen LogP contribution in [0.1, 0.15) is 81.9 Å². The van der Waals surface area contributed by atoms with Crippen molar-refractivity contribution in [3.05, 3.63) is 46.5 Å². The van der Waals surface area contributed by atoms with E-state index in [-0.39, 0.29) is 11.6 Å². The maximum Gasteiger partial charge on any atom is 0.132 e. The summed E-state index contributed by atoms with van der Waals surface area (Å²) in [4.78, 5) is 0. The fourth-order valence-corrected chi connectivity index (χ4v) is 6.54. The van der Waals surface area contributed by atoms with Crippen molar-refractivity contribution in [3.63, 3.8) is 0 Å². The molecule has 0 nitrogen and oxygen atoms in total. The maximum atomic E-state index is 15.0. The fourth-order valence-electron chi connectivity index (χ4n) is 6.54. The molecule has 3 aliphatic rings. The lowest BCUT2D eigenvalue weighted by Gasteiger charge is -2.44. The van der Waals surface area contributed by atoms with E-state index < -0.39 is 0 Å². The van der Waals surface area contributed by atoms with E-state index in [1.807, 2.05) is 19.1 Å². The fraction of sp³-hybridized carbons (Fsp3) is 0.692. The van der Waals surface area contributed by atoms with E-state index in [9.17, 15) is 4.39 Å². The average molecular weight is 387 g/mol. The summed E-state index contributed by atoms with van der Waals surface area (Å²) in [6.45, 7) is 4.36. The smallest absolute Gasteiger partial charge is 0.132 e. The first-order valence-corrected chi connectivity index (χ1v) is 11.7. The van der Waals surface area contributed by atoms with Crippen molar-refractivity contribution in [2.24, 2.45) is 29.6 Å². The minimum Gasteiger partial charge on any atom is -0.207 e. The van der Waals surface area contributed by atoms with E-state index >= 15 is 4.39 Å². The Bertz CT molecular complexity index is 720. The van der Waals surface area contributed by atoms with Crippen molar-refractivity contribution in [1.82, 2.24) is 0 Å². The van der Waals surface area contributed by atoms with Crippen LogP contribution >= 0.6 is 0 Å². The van der Waals surface area contributed by atoms with Crippen LogP contribution in [0.4, 0.5) is 8.78 Å². The van der Waals surface area contributed by atoms with Crippen LogP contribution in [0.15, 0.2) is 18.2 Å². The molecule has 2 heteroatoms. The molecule has 0 bridgehead atoms. The summed E-state index contributed by atoms with van der Waals surface area (Å²) < 4.78 is 29.6. The second-order valence-corrected chi connectivity index (χ2v) is 9.91. The Morgan fingerprint density at radius 3 is 2.46 bits per heavy atom. The monoisotopic (exact) mass is 386 g/mol. The molecule has 0 aliphatic heterocycles. The molecule has 4 rings (SSSR count). The molecule has 5 unspecified atom stereocenters. The van der Waals surface area contributed by atoms with Gasteiger partial charge in [0.15, 0.2) is 0 Å². The zero-order valence-electron chi connectivity index (χ0n) is 17.7. The number of rotatable bonds is 4. The minimum absolute atomic E-state index is 0.247. The molecule has 2 fully saturated rings. The van der Waals surface area contributed by atoms with Crippen molar-refractivity contribution in [1.29, 1.82) is 0 Å². The Morgan fingerprint density at radius 2 is 1.68 bits per heavy atom. The maximum absolute atomic E-state index is 15.0. The number of benzene rings is 1. The predicted octanol–water partition coefficient (Wildman–Crippen LogP) is 7.43. The van der Waals surface area contributed by atoms with E-state index in [2.05, 4.69) is 6.92 Å². The third-order valence-corrected chi connectivity index (χ3v) is 8.13. The van der Waals surface area contributed by atoms with Crippen LogP contribution in [0.5, 0.6) is 0 Å². The standard InChI is InChI=1S/C26H36F2/c1-3-4-5-6-24-25(27)16-22-15-21(11-12-23(22)26(24)28)20-10-9-18-13-17(2)7-8-19(18)14-20/h3-4,16-21H,5-15H2,1-2H3/b4-3+. The summed E-state index contributed by atoms with van der Waals surface area (Å²) in [6.07, 6.45) is 16.2. The van der Waals surface area contributed by atoms with Crippen molar-refractivity contribution in [2.75, 3.05) is 0 Å². The quantitative estimate of drug-likeness (QED) is 0.472. The topological polar surface area (TPSA) is 0 Å². The minimum atomic E-state index is -0.327. The lowest BCUT2D eigenvalue weighted by atomic mass is 9.61. The molecule has 1 aromatic rings. The van der Waals surface area contributed by atoms with E-state index in [4.69, 9.17) is 0 Å². The van der Waals surface area contributed by atoms with Crippen LogP contribution in [-0.4, -0.2) is 0 Å². The van der Waals surface area contributed by atoms with Crippen LogP contribution in [0.25, 0.3) is 0 Å². The van der Waals surface area contributed by atoms with Crippen molar-refractivity contribution >= 4 is 0 Å². The van der Waals surface area contributed by atoms with Gasteiger partial charge in [0.1, 0.15) is 11.6 Å². The molecule has 0 spiro atoms. The largest absolute Gasteiger partial charge is 0.207 e. The molecular weight excluding hydrogens is 350 g/mol. The van der Waals surface area contributed by atoms with Gasteiger partial charge in [0, 0.05) is 5.56 Å². The number of hydrogen-bond acceptors (Lipinski definition) is 0. The van der Waals surface area contributed by atoms with Crippen LogP contribution in [0, 0.1) is 41.2 Å². The van der Waals surface area contributed by atoms with E-state index in [0.717, 1.165) is 54.1 Å². The zero-order chi connectivity index (χ0) is 19.7. The third-order valence-electron chi connectivity index (χ3n) is 8.13. The van der Waals surface area contributed by atoms with Gasteiger partial charge < -0.3 is 0 Å². The first-order valence-electron chi connectivity index (χ1n) is 11.7. The van der Waals surface area contributed by atoms with Gasteiger partial charge in [-0.05, 0) is 118 Å². The summed E-state index contributed by atoms with van der Waals surface area (Å²) in [5.41, 5.74) is 2.07. The molecule has 0 amide bonds. The molecule has 1 aromatic carbocycles. The molecule has 3 aliphatic carbocycles. The van der Waals surface area contributed by atoms with Gasteiger partial charge in [-0.2, -0.15) is 0 Å². The van der Waals surface area contributed by atoms with Gasteiger partial charge in [-0.1, -0.05) is 25.5 Å². The summed E-state index contributed by atoms with van der Waals surface area (Å²) >= 11 is 0.